The van der Waals surface area contributed by atoms with Crippen LogP contribution in [0.3, 0.4) is 0 Å². The average molecular weight is 318 g/mol. The smallest absolute Gasteiger partial charge is 0.260 e. The minimum atomic E-state index is -0.465. The number of hydrogen-bond acceptors (Lipinski definition) is 3. The first-order valence-corrected chi connectivity index (χ1v) is 8.66. The Bertz CT molecular complexity index is 522. The van der Waals surface area contributed by atoms with Crippen LogP contribution in [0.5, 0.6) is 5.75 Å². The van der Waals surface area contributed by atoms with Gasteiger partial charge < -0.3 is 15.0 Å². The van der Waals surface area contributed by atoms with Crippen molar-refractivity contribution in [3.05, 3.63) is 29.3 Å². The molecule has 0 saturated carbocycles. The van der Waals surface area contributed by atoms with Crippen LogP contribution in [0, 0.1) is 19.8 Å². The second-order valence-corrected chi connectivity index (χ2v) is 6.86. The van der Waals surface area contributed by atoms with Gasteiger partial charge in [0.2, 0.25) is 0 Å². The van der Waals surface area contributed by atoms with Crippen molar-refractivity contribution in [3.63, 3.8) is 0 Å². The maximum atomic E-state index is 12.2. The molecule has 0 bridgehead atoms. The molecule has 0 spiro atoms. The van der Waals surface area contributed by atoms with Gasteiger partial charge in [-0.3, -0.25) is 4.79 Å². The van der Waals surface area contributed by atoms with Gasteiger partial charge in [-0.25, -0.2) is 0 Å². The van der Waals surface area contributed by atoms with E-state index in [4.69, 9.17) is 4.74 Å². The zero-order valence-electron chi connectivity index (χ0n) is 14.9. The second kappa shape index (κ2) is 8.34. The van der Waals surface area contributed by atoms with E-state index in [1.54, 1.807) is 0 Å². The molecule has 1 aromatic rings. The molecule has 1 aliphatic rings. The van der Waals surface area contributed by atoms with Crippen LogP contribution in [0.1, 0.15) is 37.3 Å². The van der Waals surface area contributed by atoms with Gasteiger partial charge in [-0.1, -0.05) is 12.1 Å². The topological polar surface area (TPSA) is 41.6 Å². The third-order valence-corrected chi connectivity index (χ3v) is 4.71. The quantitative estimate of drug-likeness (QED) is 0.877. The highest BCUT2D eigenvalue weighted by Crippen LogP contribution is 2.21. The molecule has 0 aromatic heterocycles. The number of nitrogens with one attached hydrogen (secondary N) is 1. The van der Waals surface area contributed by atoms with Crippen LogP contribution < -0.4 is 10.1 Å². The highest BCUT2D eigenvalue weighted by molar-refractivity contribution is 5.80. The van der Waals surface area contributed by atoms with E-state index in [-0.39, 0.29) is 5.91 Å². The fourth-order valence-corrected chi connectivity index (χ4v) is 2.97. The van der Waals surface area contributed by atoms with Crippen molar-refractivity contribution in [1.82, 2.24) is 10.2 Å². The molecule has 4 heteroatoms. The summed E-state index contributed by atoms with van der Waals surface area (Å²) in [5, 5.41) is 3.02. The third kappa shape index (κ3) is 5.54. The summed E-state index contributed by atoms with van der Waals surface area (Å²) in [7, 11) is 2.17. The summed E-state index contributed by atoms with van der Waals surface area (Å²) in [6.45, 7) is 8.92. The molecule has 0 radical (unpaired) electrons. The first-order chi connectivity index (χ1) is 11.0. The van der Waals surface area contributed by atoms with E-state index in [1.807, 2.05) is 32.9 Å². The number of aryl methyl sites for hydroxylation is 2. The number of nitrogens with zero attached hydrogens (tertiary/aromatic N) is 1. The van der Waals surface area contributed by atoms with Gasteiger partial charge in [0.25, 0.3) is 5.91 Å². The van der Waals surface area contributed by atoms with E-state index in [0.29, 0.717) is 0 Å². The molecule has 1 fully saturated rings. The Morgan fingerprint density at radius 1 is 1.35 bits per heavy atom. The summed E-state index contributed by atoms with van der Waals surface area (Å²) in [5.74, 6) is 1.50. The van der Waals surface area contributed by atoms with Crippen molar-refractivity contribution in [3.8, 4) is 5.75 Å². The lowest BCUT2D eigenvalue weighted by Crippen LogP contribution is -2.38. The van der Waals surface area contributed by atoms with Crippen LogP contribution in [-0.4, -0.2) is 43.6 Å². The number of hydrogen-bond donors (Lipinski definition) is 1. The van der Waals surface area contributed by atoms with Crippen LogP contribution in [-0.2, 0) is 4.79 Å². The van der Waals surface area contributed by atoms with Crippen molar-refractivity contribution >= 4 is 5.91 Å². The number of likely N-dealkylation sites (tertiary alicyclic amines) is 1. The molecular weight excluding hydrogens is 288 g/mol. The largest absolute Gasteiger partial charge is 0.481 e. The van der Waals surface area contributed by atoms with Crippen LogP contribution >= 0.6 is 0 Å². The Morgan fingerprint density at radius 3 is 2.74 bits per heavy atom. The number of benzene rings is 1. The molecule has 1 amide bonds. The number of rotatable bonds is 6. The predicted molar refractivity (Wildman–Crippen MR) is 93.9 cm³/mol. The Balaban J connectivity index is 1.73. The van der Waals surface area contributed by atoms with Crippen molar-refractivity contribution in [1.29, 1.82) is 0 Å². The van der Waals surface area contributed by atoms with Crippen LogP contribution in [0.4, 0.5) is 0 Å². The number of carbonyl (C=O) groups is 1. The molecule has 1 saturated heterocycles. The molecule has 0 aliphatic carbocycles. The Morgan fingerprint density at radius 2 is 2.04 bits per heavy atom. The molecule has 128 valence electrons. The molecule has 1 atom stereocenters. The number of amides is 1. The zero-order chi connectivity index (χ0) is 16.8. The van der Waals surface area contributed by atoms with Crippen LogP contribution in [0.15, 0.2) is 18.2 Å². The summed E-state index contributed by atoms with van der Waals surface area (Å²) in [6, 6.07) is 6.06. The molecule has 1 aliphatic heterocycles. The Kier molecular flexibility index (Phi) is 6.46. The average Bonchev–Trinajstić information content (AvgIpc) is 2.52. The Hall–Kier alpha value is -1.55. The number of ether oxygens (including phenoxy) is 1. The first kappa shape index (κ1) is 17.8. The van der Waals surface area contributed by atoms with Gasteiger partial charge in [-0.15, -0.1) is 0 Å². The van der Waals surface area contributed by atoms with Gasteiger partial charge in [0.15, 0.2) is 6.10 Å². The summed E-state index contributed by atoms with van der Waals surface area (Å²) in [4.78, 5) is 14.6. The van der Waals surface area contributed by atoms with Crippen molar-refractivity contribution in [2.24, 2.45) is 5.92 Å². The SMILES string of the molecule is Cc1ccc(C)c(O[C@H](C)C(=O)NCCC2CCN(C)CC2)c1. The van der Waals surface area contributed by atoms with E-state index in [2.05, 4.69) is 23.3 Å². The van der Waals surface area contributed by atoms with E-state index < -0.39 is 6.10 Å². The normalized spacial score (nSPS) is 17.7. The van der Waals surface area contributed by atoms with E-state index in [0.717, 1.165) is 35.8 Å². The fraction of sp³-hybridized carbons (Fsp3) is 0.632. The highest BCUT2D eigenvalue weighted by atomic mass is 16.5. The lowest BCUT2D eigenvalue weighted by atomic mass is 9.94. The minimum Gasteiger partial charge on any atom is -0.481 e. The van der Waals surface area contributed by atoms with Gasteiger partial charge in [-0.05, 0) is 83.3 Å². The summed E-state index contributed by atoms with van der Waals surface area (Å²) in [5.41, 5.74) is 2.20. The van der Waals surface area contributed by atoms with Crippen molar-refractivity contribution < 1.29 is 9.53 Å². The molecule has 1 aromatic carbocycles. The third-order valence-electron chi connectivity index (χ3n) is 4.71. The van der Waals surface area contributed by atoms with Crippen LogP contribution in [0.2, 0.25) is 0 Å². The molecule has 23 heavy (non-hydrogen) atoms. The second-order valence-electron chi connectivity index (χ2n) is 6.86. The minimum absolute atomic E-state index is 0.0289. The molecule has 0 unspecified atom stereocenters. The fourth-order valence-electron chi connectivity index (χ4n) is 2.97. The molecule has 2 rings (SSSR count). The van der Waals surface area contributed by atoms with Gasteiger partial charge in [0.05, 0.1) is 0 Å². The van der Waals surface area contributed by atoms with Gasteiger partial charge in [0, 0.05) is 6.54 Å². The van der Waals surface area contributed by atoms with Crippen LogP contribution in [0.25, 0.3) is 0 Å². The van der Waals surface area contributed by atoms with Crippen molar-refractivity contribution in [2.45, 2.75) is 46.1 Å². The van der Waals surface area contributed by atoms with E-state index in [9.17, 15) is 4.79 Å². The Labute approximate surface area is 140 Å². The maximum absolute atomic E-state index is 12.2. The van der Waals surface area contributed by atoms with Crippen molar-refractivity contribution in [2.75, 3.05) is 26.7 Å². The number of carbonyl (C=O) groups excluding carboxylic acids is 1. The molecule has 4 nitrogen and oxygen atoms in total. The lowest BCUT2D eigenvalue weighted by Gasteiger charge is -2.29. The van der Waals surface area contributed by atoms with Gasteiger partial charge in [-0.2, -0.15) is 0 Å². The zero-order valence-corrected chi connectivity index (χ0v) is 14.9. The van der Waals surface area contributed by atoms with Gasteiger partial charge in [0.1, 0.15) is 5.75 Å². The standard InChI is InChI=1S/C19H30N2O2/c1-14-5-6-15(2)18(13-14)23-16(3)19(22)20-10-7-17-8-11-21(4)12-9-17/h5-6,13,16-17H,7-12H2,1-4H3,(H,20,22)/t16-/m1/s1. The monoisotopic (exact) mass is 318 g/mol. The maximum Gasteiger partial charge on any atom is 0.260 e. The first-order valence-electron chi connectivity index (χ1n) is 8.66. The summed E-state index contributed by atoms with van der Waals surface area (Å²) >= 11 is 0. The predicted octanol–water partition coefficient (Wildman–Crippen LogP) is 2.92. The highest BCUT2D eigenvalue weighted by Gasteiger charge is 2.18. The van der Waals surface area contributed by atoms with E-state index >= 15 is 0 Å². The lowest BCUT2D eigenvalue weighted by molar-refractivity contribution is -0.127. The molecular formula is C19H30N2O2. The number of piperidine rings is 1. The summed E-state index contributed by atoms with van der Waals surface area (Å²) < 4.78 is 5.83. The van der Waals surface area contributed by atoms with E-state index in [1.165, 1.54) is 25.9 Å². The molecule has 1 N–H and O–H groups in total. The summed E-state index contributed by atoms with van der Waals surface area (Å²) in [6.07, 6.45) is 3.07. The molecule has 1 heterocycles. The van der Waals surface area contributed by atoms with Gasteiger partial charge >= 0.3 is 0 Å².